The van der Waals surface area contributed by atoms with E-state index in [1.807, 2.05) is 6.07 Å². The predicted octanol–water partition coefficient (Wildman–Crippen LogP) is 2.50. The van der Waals surface area contributed by atoms with E-state index in [1.54, 1.807) is 18.2 Å². The Morgan fingerprint density at radius 2 is 2.36 bits per heavy atom. The van der Waals surface area contributed by atoms with Gasteiger partial charge < -0.3 is 5.32 Å². The zero-order valence-electron chi connectivity index (χ0n) is 7.05. The summed E-state index contributed by atoms with van der Waals surface area (Å²) in [4.78, 5) is 10.9. The minimum atomic E-state index is -0.275. The molecule has 1 N–H and O–H groups in total. The first-order valence-corrected chi connectivity index (χ1v) is 5.05. The highest BCUT2D eigenvalue weighted by molar-refractivity contribution is 9.10. The summed E-state index contributed by atoms with van der Waals surface area (Å²) in [6.45, 7) is 0. The van der Waals surface area contributed by atoms with Gasteiger partial charge in [-0.05, 0) is 34.1 Å². The van der Waals surface area contributed by atoms with E-state index >= 15 is 0 Å². The van der Waals surface area contributed by atoms with E-state index in [1.165, 1.54) is 0 Å². The Morgan fingerprint density at radius 3 is 2.86 bits per heavy atom. The summed E-state index contributed by atoms with van der Waals surface area (Å²) in [5, 5.41) is 11.2. The summed E-state index contributed by atoms with van der Waals surface area (Å²) in [5.41, 5.74) is 1.13. The smallest absolute Gasteiger partial charge is 0.239 e. The molecule has 0 bridgehead atoms. The molecule has 0 saturated carbocycles. The summed E-state index contributed by atoms with van der Waals surface area (Å²) < 4.78 is 0.646. The van der Waals surface area contributed by atoms with E-state index in [4.69, 9.17) is 16.9 Å². The summed E-state index contributed by atoms with van der Waals surface area (Å²) in [5.74, 6) is -0.360. The minimum Gasteiger partial charge on any atom is -0.325 e. The maximum Gasteiger partial charge on any atom is 0.239 e. The summed E-state index contributed by atoms with van der Waals surface area (Å²) in [7, 11) is 0. The second-order valence-corrected chi connectivity index (χ2v) is 3.61. The summed E-state index contributed by atoms with van der Waals surface area (Å²) in [6.07, 6.45) is 0. The lowest BCUT2D eigenvalue weighted by Crippen LogP contribution is -2.12. The number of anilines is 1. The first-order valence-electron chi connectivity index (χ1n) is 3.73. The Balaban J connectivity index is 2.88. The Morgan fingerprint density at radius 1 is 1.64 bits per heavy atom. The van der Waals surface area contributed by atoms with E-state index < -0.39 is 0 Å². The van der Waals surface area contributed by atoms with Crippen LogP contribution < -0.4 is 5.32 Å². The molecule has 0 aliphatic carbocycles. The van der Waals surface area contributed by atoms with Crippen molar-refractivity contribution in [3.05, 3.63) is 28.2 Å². The molecule has 1 aromatic carbocycles. The van der Waals surface area contributed by atoms with Crippen LogP contribution in [0.15, 0.2) is 22.7 Å². The monoisotopic (exact) mass is 272 g/mol. The minimum absolute atomic E-state index is 0.0857. The van der Waals surface area contributed by atoms with Crippen LogP contribution in [0, 0.1) is 11.3 Å². The Hall–Kier alpha value is -1.05. The maximum absolute atomic E-state index is 10.9. The van der Waals surface area contributed by atoms with Crippen molar-refractivity contribution in [1.29, 1.82) is 5.26 Å². The van der Waals surface area contributed by atoms with Crippen LogP contribution >= 0.6 is 27.5 Å². The number of nitrogens with one attached hydrogen (secondary N) is 1. The van der Waals surface area contributed by atoms with Gasteiger partial charge in [0.25, 0.3) is 0 Å². The number of halogens is 2. The SMILES string of the molecule is N#Cc1ccc(NC(=O)CCl)cc1Br. The number of carbonyl (C=O) groups is 1. The van der Waals surface area contributed by atoms with Crippen LogP contribution in [-0.2, 0) is 4.79 Å². The lowest BCUT2D eigenvalue weighted by molar-refractivity contribution is -0.113. The van der Waals surface area contributed by atoms with Crippen molar-refractivity contribution in [3.63, 3.8) is 0 Å². The van der Waals surface area contributed by atoms with Crippen molar-refractivity contribution in [2.24, 2.45) is 0 Å². The van der Waals surface area contributed by atoms with Crippen LogP contribution in [0.4, 0.5) is 5.69 Å². The molecule has 5 heteroatoms. The highest BCUT2D eigenvalue weighted by Crippen LogP contribution is 2.20. The molecule has 0 spiro atoms. The number of benzene rings is 1. The van der Waals surface area contributed by atoms with Gasteiger partial charge in [0.05, 0.1) is 5.56 Å². The maximum atomic E-state index is 10.9. The Bertz CT molecular complexity index is 400. The first kappa shape index (κ1) is 11.0. The first-order chi connectivity index (χ1) is 6.67. The fourth-order valence-electron chi connectivity index (χ4n) is 0.878. The molecule has 0 saturated heterocycles. The number of carbonyl (C=O) groups excluding carboxylic acids is 1. The van der Waals surface area contributed by atoms with Gasteiger partial charge in [-0.25, -0.2) is 0 Å². The number of hydrogen-bond acceptors (Lipinski definition) is 2. The Labute approximate surface area is 94.8 Å². The van der Waals surface area contributed by atoms with Gasteiger partial charge in [-0.2, -0.15) is 5.26 Å². The van der Waals surface area contributed by atoms with Crippen molar-refractivity contribution in [1.82, 2.24) is 0 Å². The molecule has 1 amide bonds. The lowest BCUT2D eigenvalue weighted by atomic mass is 10.2. The fraction of sp³-hybridized carbons (Fsp3) is 0.111. The largest absolute Gasteiger partial charge is 0.325 e. The molecule has 0 fully saturated rings. The third-order valence-corrected chi connectivity index (χ3v) is 2.39. The molecular formula is C9H6BrClN2O. The van der Waals surface area contributed by atoms with Crippen LogP contribution in [-0.4, -0.2) is 11.8 Å². The van der Waals surface area contributed by atoms with Crippen molar-refractivity contribution in [2.75, 3.05) is 11.2 Å². The highest BCUT2D eigenvalue weighted by atomic mass is 79.9. The van der Waals surface area contributed by atoms with Crippen molar-refractivity contribution < 1.29 is 4.79 Å². The van der Waals surface area contributed by atoms with Crippen molar-refractivity contribution in [3.8, 4) is 6.07 Å². The molecule has 0 aliphatic rings. The van der Waals surface area contributed by atoms with Crippen LogP contribution in [0.2, 0.25) is 0 Å². The van der Waals surface area contributed by atoms with Gasteiger partial charge in [-0.1, -0.05) is 0 Å². The van der Waals surface area contributed by atoms with E-state index in [0.717, 1.165) is 0 Å². The van der Waals surface area contributed by atoms with Gasteiger partial charge in [0, 0.05) is 10.2 Å². The van der Waals surface area contributed by atoms with Crippen molar-refractivity contribution in [2.45, 2.75) is 0 Å². The molecule has 0 heterocycles. The second-order valence-electron chi connectivity index (χ2n) is 2.49. The van der Waals surface area contributed by atoms with Gasteiger partial charge in [-0.3, -0.25) is 4.79 Å². The topological polar surface area (TPSA) is 52.9 Å². The van der Waals surface area contributed by atoms with Gasteiger partial charge >= 0.3 is 0 Å². The van der Waals surface area contributed by atoms with Gasteiger partial charge in [0.2, 0.25) is 5.91 Å². The molecule has 0 atom stereocenters. The predicted molar refractivity (Wildman–Crippen MR) is 58.2 cm³/mol. The van der Waals surface area contributed by atoms with Crippen LogP contribution in [0.3, 0.4) is 0 Å². The van der Waals surface area contributed by atoms with E-state index in [-0.39, 0.29) is 11.8 Å². The number of nitrogens with zero attached hydrogens (tertiary/aromatic N) is 1. The molecule has 1 aromatic rings. The zero-order chi connectivity index (χ0) is 10.6. The van der Waals surface area contributed by atoms with Gasteiger partial charge in [-0.15, -0.1) is 11.6 Å². The number of hydrogen-bond donors (Lipinski definition) is 1. The summed E-state index contributed by atoms with van der Waals surface area (Å²) >= 11 is 8.54. The molecule has 0 radical (unpaired) electrons. The third-order valence-electron chi connectivity index (χ3n) is 1.49. The molecule has 72 valence electrons. The molecule has 3 nitrogen and oxygen atoms in total. The molecule has 14 heavy (non-hydrogen) atoms. The number of rotatable bonds is 2. The highest BCUT2D eigenvalue weighted by Gasteiger charge is 2.03. The van der Waals surface area contributed by atoms with Crippen LogP contribution in [0.1, 0.15) is 5.56 Å². The van der Waals surface area contributed by atoms with Gasteiger partial charge in [0.1, 0.15) is 11.9 Å². The lowest BCUT2D eigenvalue weighted by Gasteiger charge is -2.03. The fourth-order valence-corrected chi connectivity index (χ4v) is 1.41. The van der Waals surface area contributed by atoms with E-state index in [0.29, 0.717) is 15.7 Å². The van der Waals surface area contributed by atoms with Gasteiger partial charge in [0.15, 0.2) is 0 Å². The molecular weight excluding hydrogens is 267 g/mol. The van der Waals surface area contributed by atoms with E-state index in [2.05, 4.69) is 21.2 Å². The normalized spacial score (nSPS) is 9.21. The number of alkyl halides is 1. The third kappa shape index (κ3) is 2.72. The molecule has 0 aromatic heterocycles. The van der Waals surface area contributed by atoms with Crippen LogP contribution in [0.5, 0.6) is 0 Å². The van der Waals surface area contributed by atoms with E-state index in [9.17, 15) is 4.79 Å². The average molecular weight is 274 g/mol. The van der Waals surface area contributed by atoms with Crippen LogP contribution in [0.25, 0.3) is 0 Å². The molecule has 1 rings (SSSR count). The molecule has 0 unspecified atom stereocenters. The standard InChI is InChI=1S/C9H6BrClN2O/c10-8-3-7(13-9(14)4-11)2-1-6(8)5-12/h1-3H,4H2,(H,13,14). The summed E-state index contributed by atoms with van der Waals surface area (Å²) in [6, 6.07) is 6.93. The quantitative estimate of drug-likeness (QED) is 0.842. The zero-order valence-corrected chi connectivity index (χ0v) is 9.39. The molecule has 0 aliphatic heterocycles. The number of nitriles is 1. The average Bonchev–Trinajstić information content (AvgIpc) is 2.18. The Kier molecular flexibility index (Phi) is 3.93. The van der Waals surface area contributed by atoms with Crippen molar-refractivity contribution >= 4 is 39.1 Å². The number of amides is 1. The second kappa shape index (κ2) is 4.99.